The van der Waals surface area contributed by atoms with Gasteiger partial charge in [0.25, 0.3) is 0 Å². The van der Waals surface area contributed by atoms with Gasteiger partial charge in [0.05, 0.1) is 0 Å². The van der Waals surface area contributed by atoms with Gasteiger partial charge in [-0.15, -0.1) is 0 Å². The maximum Gasteiger partial charge on any atom is 1.20 e. The smallest absolute Gasteiger partial charge is 0.549 e. The van der Waals surface area contributed by atoms with Crippen LogP contribution in [0.3, 0.4) is 0 Å². The highest BCUT2D eigenvalue weighted by Gasteiger charge is 2.56. The molecule has 0 saturated carbocycles. The number of carbonyl (C=O) groups is 4. The summed E-state index contributed by atoms with van der Waals surface area (Å²) in [6.07, 6.45) is -9.53. The number of hydrogen-bond donors (Lipinski definition) is 5. The molecule has 116 valence electrons. The van der Waals surface area contributed by atoms with E-state index in [4.69, 9.17) is 25.5 Å². The Morgan fingerprint density at radius 3 is 1.86 bits per heavy atom. The SMILES string of the molecule is O=C(O)C(O)C(O)C(=O)[O][Al]1[O]C(=O)C(O)C(O)C(=O)[O]1. The summed E-state index contributed by atoms with van der Waals surface area (Å²) < 4.78 is 12.8. The van der Waals surface area contributed by atoms with E-state index in [-0.39, 0.29) is 0 Å². The Morgan fingerprint density at radius 1 is 1.05 bits per heavy atom. The molecule has 4 unspecified atom stereocenters. The molecule has 0 radical (unpaired) electrons. The highest BCUT2D eigenvalue weighted by atomic mass is 27.3. The number of carboxylic acids is 1. The number of aliphatic carboxylic acids is 1. The van der Waals surface area contributed by atoms with Crippen molar-refractivity contribution in [1.82, 2.24) is 0 Å². The minimum atomic E-state index is -3.88. The van der Waals surface area contributed by atoms with Crippen molar-refractivity contribution in [3.63, 3.8) is 0 Å². The summed E-state index contributed by atoms with van der Waals surface area (Å²) in [4.78, 5) is 43.9. The highest BCUT2D eigenvalue weighted by Crippen LogP contribution is 2.10. The van der Waals surface area contributed by atoms with Crippen LogP contribution in [0.15, 0.2) is 0 Å². The van der Waals surface area contributed by atoms with Crippen molar-refractivity contribution in [1.29, 1.82) is 0 Å². The van der Waals surface area contributed by atoms with Crippen molar-refractivity contribution >= 4 is 39.0 Å². The molecular weight excluding hydrogens is 315 g/mol. The number of carbonyl (C=O) groups excluding carboxylic acids is 3. The summed E-state index contributed by atoms with van der Waals surface area (Å²) in [5, 5.41) is 44.6. The Labute approximate surface area is 120 Å². The molecule has 1 saturated heterocycles. The van der Waals surface area contributed by atoms with Crippen LogP contribution >= 0.6 is 0 Å². The fraction of sp³-hybridized carbons (Fsp3) is 0.500. The van der Waals surface area contributed by atoms with Gasteiger partial charge in [-0.2, -0.15) is 0 Å². The predicted molar refractivity (Wildman–Crippen MR) is 55.7 cm³/mol. The third-order valence-electron chi connectivity index (χ3n) is 2.21. The third-order valence-corrected chi connectivity index (χ3v) is 3.49. The summed E-state index contributed by atoms with van der Waals surface area (Å²) in [6, 6.07) is 0. The van der Waals surface area contributed by atoms with E-state index in [2.05, 4.69) is 11.4 Å². The Morgan fingerprint density at radius 2 is 1.48 bits per heavy atom. The molecule has 0 aromatic carbocycles. The maximum atomic E-state index is 11.3. The molecule has 21 heavy (non-hydrogen) atoms. The zero-order chi connectivity index (χ0) is 16.3. The Balaban J connectivity index is 2.74. The van der Waals surface area contributed by atoms with E-state index in [0.29, 0.717) is 0 Å². The van der Waals surface area contributed by atoms with Gasteiger partial charge in [-0.1, -0.05) is 0 Å². The standard InChI is InChI=1S/2C4H6O6.Al/c2*5-1(3(7)8)2(6)4(9)10;/h2*1-2,5-6H,(H,7,8)(H,9,10);/q;;+3/p-3. The summed E-state index contributed by atoms with van der Waals surface area (Å²) in [7, 11) is 0. The normalized spacial score (nSPS) is 25.2. The van der Waals surface area contributed by atoms with Gasteiger partial charge in [0.2, 0.25) is 0 Å². The van der Waals surface area contributed by atoms with Crippen LogP contribution in [0.4, 0.5) is 0 Å². The average Bonchev–Trinajstić information content (AvgIpc) is 2.50. The first-order valence-electron chi connectivity index (χ1n) is 5.21. The Hall–Kier alpha value is -1.75. The first-order chi connectivity index (χ1) is 9.65. The van der Waals surface area contributed by atoms with Crippen LogP contribution in [0.25, 0.3) is 0 Å². The van der Waals surface area contributed by atoms with Gasteiger partial charge in [-0.05, 0) is 0 Å². The molecule has 0 spiro atoms. The number of carboxylic acid groups (broad SMARTS) is 1. The lowest BCUT2D eigenvalue weighted by molar-refractivity contribution is -0.167. The summed E-state index contributed by atoms with van der Waals surface area (Å²) in [6.45, 7) is 0. The Kier molecular flexibility index (Phi) is 5.61. The largest absolute Gasteiger partial charge is 1.20 e. The second-order valence-electron chi connectivity index (χ2n) is 3.72. The molecule has 1 fully saturated rings. The monoisotopic (exact) mass is 324 g/mol. The molecule has 0 aromatic rings. The van der Waals surface area contributed by atoms with Gasteiger partial charge in [0.15, 0.2) is 24.4 Å². The lowest BCUT2D eigenvalue weighted by Gasteiger charge is -2.15. The van der Waals surface area contributed by atoms with Gasteiger partial charge in [-0.25, -0.2) is 4.79 Å². The van der Waals surface area contributed by atoms with E-state index >= 15 is 0 Å². The number of hydrogen-bond acceptors (Lipinski definition) is 11. The van der Waals surface area contributed by atoms with Crippen LogP contribution in [0.5, 0.6) is 0 Å². The lowest BCUT2D eigenvalue weighted by atomic mass is 10.2. The molecule has 12 nitrogen and oxygen atoms in total. The van der Waals surface area contributed by atoms with Gasteiger partial charge >= 0.3 is 39.0 Å². The van der Waals surface area contributed by atoms with Crippen LogP contribution in [0.1, 0.15) is 0 Å². The molecule has 1 heterocycles. The summed E-state index contributed by atoms with van der Waals surface area (Å²) in [5.41, 5.74) is 0. The van der Waals surface area contributed by atoms with Gasteiger partial charge in [0.1, 0.15) is 0 Å². The van der Waals surface area contributed by atoms with Crippen molar-refractivity contribution in [3.05, 3.63) is 0 Å². The van der Waals surface area contributed by atoms with E-state index < -0.39 is 63.4 Å². The van der Waals surface area contributed by atoms with E-state index in [1.807, 2.05) is 0 Å². The minimum Gasteiger partial charge on any atom is -0.549 e. The van der Waals surface area contributed by atoms with Crippen LogP contribution < -0.4 is 0 Å². The van der Waals surface area contributed by atoms with Crippen LogP contribution in [0, 0.1) is 0 Å². The molecule has 5 N–H and O–H groups in total. The zero-order valence-electron chi connectivity index (χ0n) is 9.98. The van der Waals surface area contributed by atoms with Crippen LogP contribution in [-0.4, -0.2) is 89.0 Å². The van der Waals surface area contributed by atoms with Gasteiger partial charge in [-0.3, -0.25) is 14.4 Å². The molecule has 1 aliphatic heterocycles. The summed E-state index contributed by atoms with van der Waals surface area (Å²) in [5.74, 6) is -6.67. The van der Waals surface area contributed by atoms with Crippen LogP contribution in [0.2, 0.25) is 0 Å². The first-order valence-corrected chi connectivity index (χ1v) is 6.63. The second kappa shape index (κ2) is 6.81. The number of aliphatic hydroxyl groups excluding tert-OH is 4. The third kappa shape index (κ3) is 4.11. The van der Waals surface area contributed by atoms with Crippen molar-refractivity contribution in [2.24, 2.45) is 0 Å². The van der Waals surface area contributed by atoms with Crippen molar-refractivity contribution in [2.75, 3.05) is 0 Å². The van der Waals surface area contributed by atoms with E-state index in [1.54, 1.807) is 0 Å². The molecule has 0 amide bonds. The molecule has 13 heteroatoms. The molecular formula is C8H9AlO12. The fourth-order valence-corrected chi connectivity index (χ4v) is 2.22. The van der Waals surface area contributed by atoms with Crippen molar-refractivity contribution in [2.45, 2.75) is 24.4 Å². The maximum absolute atomic E-state index is 11.3. The average molecular weight is 324 g/mol. The molecule has 4 atom stereocenters. The minimum absolute atomic E-state index is 1.51. The van der Waals surface area contributed by atoms with Gasteiger partial charge < -0.3 is 36.9 Å². The van der Waals surface area contributed by atoms with Gasteiger partial charge in [0, 0.05) is 0 Å². The first kappa shape index (κ1) is 17.3. The van der Waals surface area contributed by atoms with Crippen molar-refractivity contribution < 1.29 is 56.1 Å². The molecule has 0 bridgehead atoms. The molecule has 0 aromatic heterocycles. The number of aliphatic hydroxyl groups is 4. The van der Waals surface area contributed by atoms with Crippen LogP contribution in [-0.2, 0) is 30.5 Å². The van der Waals surface area contributed by atoms with E-state index in [0.717, 1.165) is 0 Å². The Bertz CT molecular complexity index is 440. The van der Waals surface area contributed by atoms with E-state index in [1.165, 1.54) is 0 Å². The predicted octanol–water partition coefficient (Wildman–Crippen LogP) is -4.86. The topological polar surface area (TPSA) is 197 Å². The molecule has 1 rings (SSSR count). The molecule has 1 aliphatic rings. The highest BCUT2D eigenvalue weighted by molar-refractivity contribution is 6.45. The zero-order valence-corrected chi connectivity index (χ0v) is 11.1. The second-order valence-corrected chi connectivity index (χ2v) is 5.00. The number of rotatable bonds is 4. The molecule has 0 aliphatic carbocycles. The lowest BCUT2D eigenvalue weighted by Crippen LogP contribution is -2.44. The summed E-state index contributed by atoms with van der Waals surface area (Å²) >= 11 is -3.88. The van der Waals surface area contributed by atoms with E-state index in [9.17, 15) is 19.2 Å². The fourth-order valence-electron chi connectivity index (χ4n) is 1.09. The quantitative estimate of drug-likeness (QED) is 0.309. The van der Waals surface area contributed by atoms with Crippen molar-refractivity contribution in [3.8, 4) is 0 Å².